The summed E-state index contributed by atoms with van der Waals surface area (Å²) in [4.78, 5) is 0. The fourth-order valence-corrected chi connectivity index (χ4v) is 2.53. The second-order valence-electron chi connectivity index (χ2n) is 5.24. The molecule has 0 saturated heterocycles. The number of aromatic hydroxyl groups is 1. The molecule has 2 atom stereocenters. The Morgan fingerprint density at radius 2 is 1.95 bits per heavy atom. The zero-order valence-corrected chi connectivity index (χ0v) is 12.5. The van der Waals surface area contributed by atoms with Gasteiger partial charge in [-0.3, -0.25) is 0 Å². The van der Waals surface area contributed by atoms with Gasteiger partial charge in [-0.15, -0.1) is 0 Å². The number of aryl methyl sites for hydroxylation is 1. The summed E-state index contributed by atoms with van der Waals surface area (Å²) in [5, 5.41) is 18.3. The summed E-state index contributed by atoms with van der Waals surface area (Å²) in [6.45, 7) is 2.75. The summed E-state index contributed by atoms with van der Waals surface area (Å²) in [5.74, 6) is 0.733. The lowest BCUT2D eigenvalue weighted by molar-refractivity contribution is 0.0623. The number of phenolic OH excluding ortho intramolecular Hbond substituents is 1. The first kappa shape index (κ1) is 19.2. The number of aliphatic hydroxyl groups excluding tert-OH is 1. The van der Waals surface area contributed by atoms with Crippen molar-refractivity contribution in [3.8, 4) is 5.75 Å². The highest BCUT2D eigenvalue weighted by Gasteiger charge is 2.23. The van der Waals surface area contributed by atoms with Gasteiger partial charge in [-0.2, -0.15) is 0 Å². The van der Waals surface area contributed by atoms with Crippen LogP contribution in [0.25, 0.3) is 0 Å². The highest BCUT2D eigenvalue weighted by atomic mass is 35.5. The summed E-state index contributed by atoms with van der Waals surface area (Å²) in [7, 11) is 1.84. The Balaban J connectivity index is 0.000000359. The van der Waals surface area contributed by atoms with Gasteiger partial charge in [-0.1, -0.05) is 32.4 Å². The minimum absolute atomic E-state index is 0. The quantitative estimate of drug-likeness (QED) is 0.813. The van der Waals surface area contributed by atoms with E-state index in [0.717, 1.165) is 24.9 Å². The predicted molar refractivity (Wildman–Crippen MR) is 86.0 cm³/mol. The third-order valence-electron chi connectivity index (χ3n) is 3.36. The van der Waals surface area contributed by atoms with Crippen molar-refractivity contribution >= 4 is 11.8 Å². The molecule has 1 aromatic carbocycles. The Hall–Kier alpha value is -0.770. The van der Waals surface area contributed by atoms with Crippen molar-refractivity contribution in [2.24, 2.45) is 5.92 Å². The van der Waals surface area contributed by atoms with Crippen LogP contribution in [0.15, 0.2) is 24.3 Å². The topological polar surface area (TPSA) is 43.7 Å². The van der Waals surface area contributed by atoms with Crippen molar-refractivity contribution in [2.75, 3.05) is 13.6 Å². The standard InChI is InChI=1S/C8H16ClNO.C7H8O.CH4/c1-10(9)6-7-4-2-3-5-8(7)11;1-6-3-2-4-7(8)5-6;/h7-8,11H,2-6H2,1H3;2-5,8H,1H3;1H4. The smallest absolute Gasteiger partial charge is 0.115 e. The average Bonchev–Trinajstić information content (AvgIpc) is 2.32. The van der Waals surface area contributed by atoms with Gasteiger partial charge in [0, 0.05) is 13.6 Å². The van der Waals surface area contributed by atoms with Gasteiger partial charge in [0.2, 0.25) is 0 Å². The molecule has 2 rings (SSSR count). The van der Waals surface area contributed by atoms with Gasteiger partial charge in [0.1, 0.15) is 5.75 Å². The van der Waals surface area contributed by atoms with Gasteiger partial charge in [-0.25, -0.2) is 4.42 Å². The van der Waals surface area contributed by atoms with Crippen LogP contribution in [-0.4, -0.2) is 34.3 Å². The first-order valence-corrected chi connectivity index (χ1v) is 7.13. The molecule has 2 N–H and O–H groups in total. The Labute approximate surface area is 128 Å². The molecule has 0 radical (unpaired) electrons. The van der Waals surface area contributed by atoms with E-state index in [1.807, 2.05) is 26.1 Å². The first-order valence-electron chi connectivity index (χ1n) is 6.79. The normalized spacial score (nSPS) is 21.6. The highest BCUT2D eigenvalue weighted by Crippen LogP contribution is 2.24. The van der Waals surface area contributed by atoms with E-state index in [-0.39, 0.29) is 13.5 Å². The maximum Gasteiger partial charge on any atom is 0.115 e. The van der Waals surface area contributed by atoms with Crippen LogP contribution in [0.1, 0.15) is 38.7 Å². The second kappa shape index (κ2) is 10.0. The number of hydrogen-bond acceptors (Lipinski definition) is 3. The second-order valence-corrected chi connectivity index (χ2v) is 5.82. The number of hydrogen-bond donors (Lipinski definition) is 2. The van der Waals surface area contributed by atoms with E-state index in [2.05, 4.69) is 0 Å². The molecule has 1 fully saturated rings. The lowest BCUT2D eigenvalue weighted by atomic mass is 9.86. The highest BCUT2D eigenvalue weighted by molar-refractivity contribution is 6.13. The van der Waals surface area contributed by atoms with Gasteiger partial charge in [0.05, 0.1) is 6.10 Å². The Bertz CT molecular complexity index is 354. The third kappa shape index (κ3) is 7.73. The number of benzene rings is 1. The summed E-state index contributed by atoms with van der Waals surface area (Å²) in [6.07, 6.45) is 4.37. The number of halogens is 1. The molecule has 2 unspecified atom stereocenters. The molecule has 116 valence electrons. The molecule has 0 aromatic heterocycles. The van der Waals surface area contributed by atoms with Crippen molar-refractivity contribution < 1.29 is 10.2 Å². The molecule has 0 aliphatic heterocycles. The average molecular weight is 302 g/mol. The number of nitrogens with zero attached hydrogens (tertiary/aromatic N) is 1. The summed E-state index contributed by atoms with van der Waals surface area (Å²) in [6, 6.07) is 7.15. The summed E-state index contributed by atoms with van der Waals surface area (Å²) >= 11 is 5.70. The van der Waals surface area contributed by atoms with Gasteiger partial charge >= 0.3 is 0 Å². The Kier molecular flexibility index (Phi) is 9.64. The van der Waals surface area contributed by atoms with Crippen LogP contribution in [0.4, 0.5) is 0 Å². The van der Waals surface area contributed by atoms with Gasteiger partial charge in [0.25, 0.3) is 0 Å². The van der Waals surface area contributed by atoms with Crippen molar-refractivity contribution in [1.29, 1.82) is 0 Å². The zero-order valence-electron chi connectivity index (χ0n) is 11.7. The van der Waals surface area contributed by atoms with Gasteiger partial charge < -0.3 is 10.2 Å². The van der Waals surface area contributed by atoms with Gasteiger partial charge in [-0.05, 0) is 55.2 Å². The maximum atomic E-state index is 9.53. The van der Waals surface area contributed by atoms with Crippen LogP contribution in [0.2, 0.25) is 0 Å². The van der Waals surface area contributed by atoms with Gasteiger partial charge in [0.15, 0.2) is 0 Å². The molecule has 1 aromatic rings. The van der Waals surface area contributed by atoms with E-state index < -0.39 is 0 Å². The number of rotatable bonds is 2. The molecule has 0 amide bonds. The molecule has 20 heavy (non-hydrogen) atoms. The molecule has 3 nitrogen and oxygen atoms in total. The van der Waals surface area contributed by atoms with E-state index in [1.54, 1.807) is 16.6 Å². The SMILES string of the molecule is C.CN(Cl)CC1CCCCC1O.Cc1cccc(O)c1. The van der Waals surface area contributed by atoms with E-state index in [0.29, 0.717) is 11.7 Å². The Morgan fingerprint density at radius 1 is 1.30 bits per heavy atom. The number of phenols is 1. The van der Waals surface area contributed by atoms with Crippen LogP contribution < -0.4 is 0 Å². The van der Waals surface area contributed by atoms with E-state index >= 15 is 0 Å². The van der Waals surface area contributed by atoms with Crippen LogP contribution in [0.5, 0.6) is 5.75 Å². The Morgan fingerprint density at radius 3 is 2.40 bits per heavy atom. The fraction of sp³-hybridized carbons (Fsp3) is 0.625. The van der Waals surface area contributed by atoms with Crippen LogP contribution >= 0.6 is 11.8 Å². The summed E-state index contributed by atoms with van der Waals surface area (Å²) in [5.41, 5.74) is 1.09. The minimum atomic E-state index is -0.120. The van der Waals surface area contributed by atoms with Crippen molar-refractivity contribution in [2.45, 2.75) is 46.1 Å². The lowest BCUT2D eigenvalue weighted by Crippen LogP contribution is -2.31. The molecular weight excluding hydrogens is 274 g/mol. The van der Waals surface area contributed by atoms with Crippen molar-refractivity contribution in [3.63, 3.8) is 0 Å². The largest absolute Gasteiger partial charge is 0.508 e. The molecule has 1 saturated carbocycles. The molecular formula is C16H28ClNO2. The van der Waals surface area contributed by atoms with Crippen LogP contribution in [0, 0.1) is 12.8 Å². The monoisotopic (exact) mass is 301 g/mol. The van der Waals surface area contributed by atoms with E-state index in [1.165, 1.54) is 12.8 Å². The maximum absolute atomic E-state index is 9.53. The van der Waals surface area contributed by atoms with Crippen LogP contribution in [0.3, 0.4) is 0 Å². The summed E-state index contributed by atoms with van der Waals surface area (Å²) < 4.78 is 1.64. The third-order valence-corrected chi connectivity index (χ3v) is 3.49. The molecule has 1 aliphatic rings. The van der Waals surface area contributed by atoms with Crippen molar-refractivity contribution in [1.82, 2.24) is 4.42 Å². The molecule has 0 heterocycles. The van der Waals surface area contributed by atoms with E-state index in [9.17, 15) is 5.11 Å². The molecule has 0 spiro atoms. The predicted octanol–water partition coefficient (Wildman–Crippen LogP) is 3.96. The van der Waals surface area contributed by atoms with Crippen molar-refractivity contribution in [3.05, 3.63) is 29.8 Å². The van der Waals surface area contributed by atoms with E-state index in [4.69, 9.17) is 16.9 Å². The minimum Gasteiger partial charge on any atom is -0.508 e. The van der Waals surface area contributed by atoms with Crippen LogP contribution in [-0.2, 0) is 0 Å². The molecule has 1 aliphatic carbocycles. The molecule has 4 heteroatoms. The lowest BCUT2D eigenvalue weighted by Gasteiger charge is -2.28. The zero-order chi connectivity index (χ0) is 14.3. The first-order chi connectivity index (χ1) is 8.99. The fourth-order valence-electron chi connectivity index (χ4n) is 2.35. The number of aliphatic hydroxyl groups is 1. The molecule has 0 bridgehead atoms.